The van der Waals surface area contributed by atoms with Crippen molar-refractivity contribution in [3.05, 3.63) is 75.6 Å². The van der Waals surface area contributed by atoms with Gasteiger partial charge in [-0.05, 0) is 87.1 Å². The van der Waals surface area contributed by atoms with E-state index in [1.54, 1.807) is 0 Å². The van der Waals surface area contributed by atoms with Crippen LogP contribution in [0.25, 0.3) is 22.3 Å². The average Bonchev–Trinajstić information content (AvgIpc) is 2.51. The van der Waals surface area contributed by atoms with Crippen molar-refractivity contribution in [3.63, 3.8) is 0 Å². The second-order valence-corrected chi connectivity index (χ2v) is 7.34. The first-order chi connectivity index (χ1) is 12.2. The molecule has 2 heteroatoms. The van der Waals surface area contributed by atoms with Gasteiger partial charge in [0.25, 0.3) is 0 Å². The molecule has 26 heavy (non-hydrogen) atoms. The molecule has 0 fully saturated rings. The zero-order valence-electron chi connectivity index (χ0n) is 16.3. The van der Waals surface area contributed by atoms with Gasteiger partial charge in [-0.15, -0.1) is 0 Å². The van der Waals surface area contributed by atoms with Crippen molar-refractivity contribution in [2.75, 3.05) is 0 Å². The molecule has 0 saturated heterocycles. The van der Waals surface area contributed by atoms with Gasteiger partial charge in [-0.25, -0.2) is 4.39 Å². The van der Waals surface area contributed by atoms with Gasteiger partial charge in [0.05, 0.1) is 0 Å². The van der Waals surface area contributed by atoms with Crippen LogP contribution in [0.3, 0.4) is 0 Å². The highest BCUT2D eigenvalue weighted by Gasteiger charge is 2.23. The van der Waals surface area contributed by atoms with Crippen LogP contribution in [0.1, 0.15) is 33.4 Å². The predicted molar refractivity (Wildman–Crippen MR) is 106 cm³/mol. The molecule has 0 unspecified atom stereocenters. The number of aryl methyl sites for hydroxylation is 6. The van der Waals surface area contributed by atoms with E-state index < -0.39 is 0 Å². The molecule has 0 aliphatic heterocycles. The molecule has 0 bridgehead atoms. The van der Waals surface area contributed by atoms with Crippen molar-refractivity contribution in [2.45, 2.75) is 41.5 Å². The second-order valence-electron chi connectivity index (χ2n) is 7.34. The highest BCUT2D eigenvalue weighted by molar-refractivity contribution is 5.92. The fourth-order valence-corrected chi connectivity index (χ4v) is 4.20. The van der Waals surface area contributed by atoms with Gasteiger partial charge >= 0.3 is 0 Å². The molecule has 0 aliphatic rings. The number of rotatable bonds is 2. The van der Waals surface area contributed by atoms with Crippen molar-refractivity contribution in [2.24, 2.45) is 0 Å². The Morgan fingerprint density at radius 3 is 1.38 bits per heavy atom. The van der Waals surface area contributed by atoms with E-state index >= 15 is 4.39 Å². The molecule has 1 nitrogen and oxygen atoms in total. The summed E-state index contributed by atoms with van der Waals surface area (Å²) in [5.74, 6) is -0.496. The van der Waals surface area contributed by atoms with Crippen LogP contribution in [0.5, 0.6) is 5.75 Å². The third-order valence-electron chi connectivity index (χ3n) is 4.97. The summed E-state index contributed by atoms with van der Waals surface area (Å²) in [6, 6.07) is 10.8. The summed E-state index contributed by atoms with van der Waals surface area (Å²) in [6.45, 7) is 12.0. The van der Waals surface area contributed by atoms with Crippen LogP contribution in [0.2, 0.25) is 0 Å². The Kier molecular flexibility index (Phi) is 4.62. The smallest absolute Gasteiger partial charge is 0.187 e. The molecule has 1 radical (unpaired) electrons. The standard InChI is InChI=1S/C24H24FO/c1-13-9-15(3)21(16(4)10-13)23-19(25)7-8-20(26)24(23)22-17(5)11-14(2)12-18(22)6/h7-12H,1-6H3. The third kappa shape index (κ3) is 3.01. The third-order valence-corrected chi connectivity index (χ3v) is 4.97. The van der Waals surface area contributed by atoms with Crippen LogP contribution in [-0.2, 0) is 5.11 Å². The predicted octanol–water partition coefficient (Wildman–Crippen LogP) is 7.15. The Morgan fingerprint density at radius 1 is 0.577 bits per heavy atom. The molecule has 0 saturated carbocycles. The molecule has 0 N–H and O–H groups in total. The number of halogens is 1. The number of hydrogen-bond donors (Lipinski definition) is 0. The van der Waals surface area contributed by atoms with Gasteiger partial charge < -0.3 is 0 Å². The molecule has 3 aromatic carbocycles. The molecule has 3 rings (SSSR count). The van der Waals surface area contributed by atoms with E-state index in [1.165, 1.54) is 12.1 Å². The molecule has 133 valence electrons. The highest BCUT2D eigenvalue weighted by atomic mass is 19.1. The minimum atomic E-state index is -0.353. The SMILES string of the molecule is Cc1cc(C)c(-c2c([O])ccc(F)c2-c2c(C)cc(C)cc2C)c(C)c1. The fourth-order valence-electron chi connectivity index (χ4n) is 4.20. The van der Waals surface area contributed by atoms with Gasteiger partial charge in [-0.2, -0.15) is 0 Å². The first-order valence-corrected chi connectivity index (χ1v) is 8.86. The topological polar surface area (TPSA) is 19.9 Å². The van der Waals surface area contributed by atoms with E-state index in [4.69, 9.17) is 0 Å². The van der Waals surface area contributed by atoms with E-state index in [0.29, 0.717) is 11.1 Å². The van der Waals surface area contributed by atoms with E-state index in [0.717, 1.165) is 44.5 Å². The zero-order chi connectivity index (χ0) is 19.2. The summed E-state index contributed by atoms with van der Waals surface area (Å²) in [5, 5.41) is 12.9. The van der Waals surface area contributed by atoms with Gasteiger partial charge in [0.2, 0.25) is 0 Å². The minimum Gasteiger partial charge on any atom is -0.289 e. The van der Waals surface area contributed by atoms with Crippen molar-refractivity contribution in [3.8, 4) is 28.0 Å². The Hall–Kier alpha value is -2.61. The molecule has 0 amide bonds. The molecular weight excluding hydrogens is 323 g/mol. The Bertz CT molecular complexity index is 886. The van der Waals surface area contributed by atoms with Gasteiger partial charge in [0.15, 0.2) is 5.75 Å². The van der Waals surface area contributed by atoms with Gasteiger partial charge in [-0.1, -0.05) is 35.4 Å². The molecule has 0 heterocycles. The van der Waals surface area contributed by atoms with Gasteiger partial charge in [0.1, 0.15) is 5.82 Å². The van der Waals surface area contributed by atoms with E-state index in [9.17, 15) is 5.11 Å². The fraction of sp³-hybridized carbons (Fsp3) is 0.250. The molecule has 0 spiro atoms. The maximum atomic E-state index is 15.1. The lowest BCUT2D eigenvalue weighted by Crippen LogP contribution is -1.99. The van der Waals surface area contributed by atoms with E-state index in [1.807, 2.05) is 65.8 Å². The lowest BCUT2D eigenvalue weighted by atomic mass is 9.84. The van der Waals surface area contributed by atoms with Crippen LogP contribution < -0.4 is 0 Å². The van der Waals surface area contributed by atoms with Crippen molar-refractivity contribution < 1.29 is 9.50 Å². The maximum Gasteiger partial charge on any atom is 0.187 e. The summed E-state index contributed by atoms with van der Waals surface area (Å²) >= 11 is 0. The molecular formula is C24H24FO. The van der Waals surface area contributed by atoms with Gasteiger partial charge in [-0.3, -0.25) is 5.11 Å². The summed E-state index contributed by atoms with van der Waals surface area (Å²) in [7, 11) is 0. The van der Waals surface area contributed by atoms with Gasteiger partial charge in [0, 0.05) is 11.1 Å². The van der Waals surface area contributed by atoms with Crippen molar-refractivity contribution >= 4 is 0 Å². The van der Waals surface area contributed by atoms with Crippen LogP contribution in [0, 0.1) is 47.4 Å². The molecule has 0 atom stereocenters. The van der Waals surface area contributed by atoms with E-state index in [2.05, 4.69) is 0 Å². The first-order valence-electron chi connectivity index (χ1n) is 8.86. The monoisotopic (exact) mass is 347 g/mol. The summed E-state index contributed by atoms with van der Waals surface area (Å²) in [4.78, 5) is 0. The second kappa shape index (κ2) is 6.60. The quantitative estimate of drug-likeness (QED) is 0.469. The summed E-state index contributed by atoms with van der Waals surface area (Å²) in [5.41, 5.74) is 8.77. The van der Waals surface area contributed by atoms with Crippen LogP contribution >= 0.6 is 0 Å². The van der Waals surface area contributed by atoms with Crippen molar-refractivity contribution in [1.29, 1.82) is 0 Å². The average molecular weight is 347 g/mol. The number of benzene rings is 3. The van der Waals surface area contributed by atoms with E-state index in [-0.39, 0.29) is 11.6 Å². The molecule has 3 aromatic rings. The largest absolute Gasteiger partial charge is 0.289 e. The highest BCUT2D eigenvalue weighted by Crippen LogP contribution is 2.45. The normalized spacial score (nSPS) is 11.0. The summed E-state index contributed by atoms with van der Waals surface area (Å²) < 4.78 is 15.1. The number of hydrogen-bond acceptors (Lipinski definition) is 0. The zero-order valence-corrected chi connectivity index (χ0v) is 16.3. The Balaban J connectivity index is 2.46. The Labute approximate surface area is 155 Å². The van der Waals surface area contributed by atoms with Crippen molar-refractivity contribution in [1.82, 2.24) is 0 Å². The maximum absolute atomic E-state index is 15.1. The van der Waals surface area contributed by atoms with Crippen LogP contribution in [0.4, 0.5) is 4.39 Å². The van der Waals surface area contributed by atoms with Crippen LogP contribution in [0.15, 0.2) is 36.4 Å². The first kappa shape index (κ1) is 18.2. The Morgan fingerprint density at radius 2 is 0.962 bits per heavy atom. The molecule has 0 aliphatic carbocycles. The summed E-state index contributed by atoms with van der Waals surface area (Å²) in [6.07, 6.45) is 0. The molecule has 0 aromatic heterocycles. The lowest BCUT2D eigenvalue weighted by Gasteiger charge is -2.20. The lowest BCUT2D eigenvalue weighted by molar-refractivity contribution is 0.356. The van der Waals surface area contributed by atoms with Crippen LogP contribution in [-0.4, -0.2) is 0 Å². The minimum absolute atomic E-state index is 0.143.